The Balaban J connectivity index is 2.98. The number of hydrogen-bond donors (Lipinski definition) is 2. The van der Waals surface area contributed by atoms with Crippen molar-refractivity contribution in [3.63, 3.8) is 0 Å². The average Bonchev–Trinajstić information content (AvgIpc) is 1.85. The maximum absolute atomic E-state index is 5.56. The number of anilines is 2. The molecule has 0 heterocycles. The molecule has 2 heteroatoms. The molecule has 0 unspecified atom stereocenters. The molecule has 0 saturated carbocycles. The van der Waals surface area contributed by atoms with Crippen molar-refractivity contribution in [3.8, 4) is 0 Å². The van der Waals surface area contributed by atoms with E-state index in [0.717, 1.165) is 5.56 Å². The Morgan fingerprint density at radius 1 is 1.09 bits per heavy atom. The Kier molecular flexibility index (Phi) is 2.16. The Morgan fingerprint density at radius 2 is 1.64 bits per heavy atom. The van der Waals surface area contributed by atoms with E-state index < -0.39 is 0 Å². The van der Waals surface area contributed by atoms with Crippen molar-refractivity contribution in [1.29, 1.82) is 0 Å². The van der Waals surface area contributed by atoms with E-state index in [1.807, 2.05) is 18.6 Å². The topological polar surface area (TPSA) is 52.0 Å². The van der Waals surface area contributed by atoms with Crippen LogP contribution in [-0.4, -0.2) is 0 Å². The number of hydrogen-bond acceptors (Lipinski definition) is 2. The van der Waals surface area contributed by atoms with Gasteiger partial charge in [0, 0.05) is 17.8 Å². The first-order valence-corrected chi connectivity index (χ1v) is 3.34. The largest absolute Gasteiger partial charge is 0.399 e. The van der Waals surface area contributed by atoms with Crippen molar-refractivity contribution < 1.29 is 0 Å². The Labute approximate surface area is 66.5 Å². The molecule has 1 aromatic rings. The SMILES string of the molecule is C=C[CH]c1cc(N)cc(N)c1. The fraction of sp³-hybridized carbons (Fsp3) is 0. The molecule has 0 fully saturated rings. The second-order valence-electron chi connectivity index (χ2n) is 2.34. The third kappa shape index (κ3) is 2.00. The highest BCUT2D eigenvalue weighted by Gasteiger charge is 1.93. The van der Waals surface area contributed by atoms with Crippen LogP contribution in [0.25, 0.3) is 0 Å². The summed E-state index contributed by atoms with van der Waals surface area (Å²) < 4.78 is 0. The normalized spacial score (nSPS) is 9.45. The predicted octanol–water partition coefficient (Wildman–Crippen LogP) is 1.59. The van der Waals surface area contributed by atoms with Crippen LogP contribution in [0, 0.1) is 6.42 Å². The minimum Gasteiger partial charge on any atom is -0.399 e. The standard InChI is InChI=1S/C9H11N2/c1-2-3-7-4-8(10)6-9(11)5-7/h2-6H,1,10-11H2. The molecule has 0 aliphatic rings. The molecule has 0 bridgehead atoms. The van der Waals surface area contributed by atoms with Gasteiger partial charge in [0.2, 0.25) is 0 Å². The van der Waals surface area contributed by atoms with Crippen molar-refractivity contribution in [2.24, 2.45) is 0 Å². The van der Waals surface area contributed by atoms with Gasteiger partial charge in [0.1, 0.15) is 0 Å². The van der Waals surface area contributed by atoms with E-state index in [9.17, 15) is 0 Å². The van der Waals surface area contributed by atoms with E-state index in [2.05, 4.69) is 6.58 Å². The molecule has 2 nitrogen and oxygen atoms in total. The molecule has 57 valence electrons. The molecule has 1 aromatic carbocycles. The van der Waals surface area contributed by atoms with Crippen LogP contribution in [0.3, 0.4) is 0 Å². The van der Waals surface area contributed by atoms with Gasteiger partial charge in [-0.25, -0.2) is 0 Å². The molecule has 0 saturated heterocycles. The van der Waals surface area contributed by atoms with E-state index in [0.29, 0.717) is 11.4 Å². The Morgan fingerprint density at radius 3 is 2.09 bits per heavy atom. The molecule has 1 rings (SSSR count). The molecular formula is C9H11N2. The van der Waals surface area contributed by atoms with Crippen LogP contribution >= 0.6 is 0 Å². The van der Waals surface area contributed by atoms with E-state index >= 15 is 0 Å². The van der Waals surface area contributed by atoms with E-state index in [1.54, 1.807) is 12.1 Å². The zero-order chi connectivity index (χ0) is 8.27. The summed E-state index contributed by atoms with van der Waals surface area (Å²) in [6.07, 6.45) is 3.56. The zero-order valence-corrected chi connectivity index (χ0v) is 6.25. The molecular weight excluding hydrogens is 136 g/mol. The van der Waals surface area contributed by atoms with Gasteiger partial charge in [-0.3, -0.25) is 0 Å². The summed E-state index contributed by atoms with van der Waals surface area (Å²) in [5.41, 5.74) is 13.5. The summed E-state index contributed by atoms with van der Waals surface area (Å²) in [4.78, 5) is 0. The minimum atomic E-state index is 0.679. The molecule has 0 spiro atoms. The molecule has 11 heavy (non-hydrogen) atoms. The van der Waals surface area contributed by atoms with Crippen molar-refractivity contribution in [3.05, 3.63) is 42.8 Å². The highest BCUT2D eigenvalue weighted by atomic mass is 14.6. The van der Waals surface area contributed by atoms with Gasteiger partial charge in [-0.05, 0) is 23.8 Å². The molecule has 4 N–H and O–H groups in total. The van der Waals surface area contributed by atoms with Gasteiger partial charge in [0.25, 0.3) is 0 Å². The quantitative estimate of drug-likeness (QED) is 0.624. The summed E-state index contributed by atoms with van der Waals surface area (Å²) in [6, 6.07) is 5.41. The fourth-order valence-electron chi connectivity index (χ4n) is 0.935. The highest BCUT2D eigenvalue weighted by molar-refractivity contribution is 5.56. The van der Waals surface area contributed by atoms with Gasteiger partial charge in [-0.2, -0.15) is 0 Å². The second-order valence-corrected chi connectivity index (χ2v) is 2.34. The Hall–Kier alpha value is -1.44. The number of nitrogen functional groups attached to an aromatic ring is 2. The summed E-state index contributed by atoms with van der Waals surface area (Å²) in [5.74, 6) is 0. The maximum Gasteiger partial charge on any atom is 0.0337 e. The van der Waals surface area contributed by atoms with Gasteiger partial charge in [0.05, 0.1) is 0 Å². The summed E-state index contributed by atoms with van der Waals surface area (Å²) >= 11 is 0. The third-order valence-corrected chi connectivity index (χ3v) is 1.31. The van der Waals surface area contributed by atoms with Crippen molar-refractivity contribution in [1.82, 2.24) is 0 Å². The van der Waals surface area contributed by atoms with Gasteiger partial charge in [0.15, 0.2) is 0 Å². The molecule has 0 aliphatic heterocycles. The van der Waals surface area contributed by atoms with Crippen LogP contribution in [0.2, 0.25) is 0 Å². The highest BCUT2D eigenvalue weighted by Crippen LogP contribution is 2.14. The first-order chi connectivity index (χ1) is 5.22. The fourth-order valence-corrected chi connectivity index (χ4v) is 0.935. The summed E-state index contributed by atoms with van der Waals surface area (Å²) in [6.45, 7) is 3.58. The lowest BCUT2D eigenvalue weighted by molar-refractivity contribution is 1.52. The molecule has 0 amide bonds. The van der Waals surface area contributed by atoms with Crippen LogP contribution < -0.4 is 11.5 Å². The predicted molar refractivity (Wildman–Crippen MR) is 48.9 cm³/mol. The van der Waals surface area contributed by atoms with Crippen LogP contribution in [0.4, 0.5) is 11.4 Å². The number of rotatable bonds is 2. The Bertz CT molecular complexity index is 246. The van der Waals surface area contributed by atoms with E-state index in [1.165, 1.54) is 0 Å². The number of benzene rings is 1. The lowest BCUT2D eigenvalue weighted by Crippen LogP contribution is -1.91. The van der Waals surface area contributed by atoms with E-state index in [4.69, 9.17) is 11.5 Å². The lowest BCUT2D eigenvalue weighted by atomic mass is 10.1. The number of nitrogens with two attached hydrogens (primary N) is 2. The average molecular weight is 147 g/mol. The molecule has 0 aliphatic carbocycles. The molecule has 1 radical (unpaired) electrons. The lowest BCUT2D eigenvalue weighted by Gasteiger charge is -2.00. The smallest absolute Gasteiger partial charge is 0.0337 e. The zero-order valence-electron chi connectivity index (χ0n) is 6.25. The first kappa shape index (κ1) is 7.66. The molecule has 0 atom stereocenters. The van der Waals surface area contributed by atoms with Crippen molar-refractivity contribution in [2.45, 2.75) is 0 Å². The van der Waals surface area contributed by atoms with Crippen LogP contribution in [0.5, 0.6) is 0 Å². The monoisotopic (exact) mass is 147 g/mol. The van der Waals surface area contributed by atoms with Gasteiger partial charge in [-0.15, -0.1) is 6.58 Å². The molecule has 0 aromatic heterocycles. The maximum atomic E-state index is 5.56. The summed E-state index contributed by atoms with van der Waals surface area (Å²) in [7, 11) is 0. The van der Waals surface area contributed by atoms with Gasteiger partial charge < -0.3 is 11.5 Å². The third-order valence-electron chi connectivity index (χ3n) is 1.31. The van der Waals surface area contributed by atoms with Gasteiger partial charge in [-0.1, -0.05) is 6.08 Å². The van der Waals surface area contributed by atoms with Crippen LogP contribution in [0.15, 0.2) is 30.9 Å². The van der Waals surface area contributed by atoms with E-state index in [-0.39, 0.29) is 0 Å². The van der Waals surface area contributed by atoms with Gasteiger partial charge >= 0.3 is 0 Å². The summed E-state index contributed by atoms with van der Waals surface area (Å²) in [5, 5.41) is 0. The van der Waals surface area contributed by atoms with Crippen molar-refractivity contribution >= 4 is 11.4 Å². The minimum absolute atomic E-state index is 0.679. The second kappa shape index (κ2) is 3.10. The number of allylic oxidation sites excluding steroid dienone is 1. The first-order valence-electron chi connectivity index (χ1n) is 3.34. The van der Waals surface area contributed by atoms with Crippen molar-refractivity contribution in [2.75, 3.05) is 11.5 Å². The van der Waals surface area contributed by atoms with Crippen LogP contribution in [-0.2, 0) is 0 Å². The van der Waals surface area contributed by atoms with Crippen LogP contribution in [0.1, 0.15) is 5.56 Å².